The molecule has 0 radical (unpaired) electrons. The minimum absolute atomic E-state index is 0.105. The molecule has 0 aliphatic carbocycles. The van der Waals surface area contributed by atoms with E-state index < -0.39 is 15.8 Å². The van der Waals surface area contributed by atoms with E-state index >= 15 is 0 Å². The number of halogens is 2. The van der Waals surface area contributed by atoms with Crippen LogP contribution in [0.3, 0.4) is 0 Å². The zero-order chi connectivity index (χ0) is 14.9. The van der Waals surface area contributed by atoms with Crippen LogP contribution in [0.15, 0.2) is 41.3 Å². The van der Waals surface area contributed by atoms with Gasteiger partial charge in [0.1, 0.15) is 5.82 Å². The SMILES string of the molecule is Cc1cc(Cl)ccc1NS(=O)(=O)c1ccc(N)c(F)c1. The van der Waals surface area contributed by atoms with Crippen molar-refractivity contribution in [2.75, 3.05) is 10.5 Å². The van der Waals surface area contributed by atoms with Crippen LogP contribution in [0.4, 0.5) is 15.8 Å². The van der Waals surface area contributed by atoms with Gasteiger partial charge < -0.3 is 5.73 Å². The fourth-order valence-corrected chi connectivity index (χ4v) is 2.99. The molecule has 7 heteroatoms. The number of nitrogens with two attached hydrogens (primary N) is 1. The summed E-state index contributed by atoms with van der Waals surface area (Å²) in [6.45, 7) is 1.72. The number of rotatable bonds is 3. The number of hydrogen-bond acceptors (Lipinski definition) is 3. The van der Waals surface area contributed by atoms with Crippen LogP contribution in [0.25, 0.3) is 0 Å². The quantitative estimate of drug-likeness (QED) is 0.855. The largest absolute Gasteiger partial charge is 0.396 e. The maximum atomic E-state index is 13.3. The van der Waals surface area contributed by atoms with E-state index in [2.05, 4.69) is 4.72 Å². The molecule has 0 bridgehead atoms. The molecule has 2 rings (SSSR count). The first kappa shape index (κ1) is 14.6. The molecule has 0 fully saturated rings. The highest BCUT2D eigenvalue weighted by Gasteiger charge is 2.16. The third-order valence-corrected chi connectivity index (χ3v) is 4.31. The number of benzene rings is 2. The first-order valence-electron chi connectivity index (χ1n) is 5.63. The van der Waals surface area contributed by atoms with Gasteiger partial charge in [0, 0.05) is 5.02 Å². The molecule has 20 heavy (non-hydrogen) atoms. The normalized spacial score (nSPS) is 11.3. The lowest BCUT2D eigenvalue weighted by molar-refractivity contribution is 0.596. The number of nitrogens with one attached hydrogen (secondary N) is 1. The van der Waals surface area contributed by atoms with E-state index in [9.17, 15) is 12.8 Å². The summed E-state index contributed by atoms with van der Waals surface area (Å²) in [7, 11) is -3.88. The van der Waals surface area contributed by atoms with Crippen molar-refractivity contribution < 1.29 is 12.8 Å². The van der Waals surface area contributed by atoms with Gasteiger partial charge in [0.05, 0.1) is 16.3 Å². The lowest BCUT2D eigenvalue weighted by Crippen LogP contribution is -2.14. The molecular weight excluding hydrogens is 303 g/mol. The Bertz CT molecular complexity index is 763. The molecule has 4 nitrogen and oxygen atoms in total. The molecule has 0 saturated carbocycles. The van der Waals surface area contributed by atoms with Crippen LogP contribution in [0.5, 0.6) is 0 Å². The minimum atomic E-state index is -3.88. The maximum Gasteiger partial charge on any atom is 0.262 e. The first-order valence-corrected chi connectivity index (χ1v) is 7.50. The van der Waals surface area contributed by atoms with Gasteiger partial charge >= 0.3 is 0 Å². The minimum Gasteiger partial charge on any atom is -0.396 e. The van der Waals surface area contributed by atoms with Gasteiger partial charge in [0.2, 0.25) is 0 Å². The Balaban J connectivity index is 2.38. The summed E-state index contributed by atoms with van der Waals surface area (Å²) in [5, 5.41) is 0.504. The maximum absolute atomic E-state index is 13.3. The third kappa shape index (κ3) is 3.02. The average Bonchev–Trinajstić information content (AvgIpc) is 2.36. The van der Waals surface area contributed by atoms with Crippen LogP contribution in [0, 0.1) is 12.7 Å². The summed E-state index contributed by atoms with van der Waals surface area (Å²) in [6, 6.07) is 8.06. The van der Waals surface area contributed by atoms with E-state index in [1.54, 1.807) is 25.1 Å². The van der Waals surface area contributed by atoms with Crippen molar-refractivity contribution in [3.63, 3.8) is 0 Å². The molecule has 0 aliphatic rings. The van der Waals surface area contributed by atoms with Crippen LogP contribution in [-0.4, -0.2) is 8.42 Å². The predicted octanol–water partition coefficient (Wildman–Crippen LogP) is 3.17. The van der Waals surface area contributed by atoms with Gasteiger partial charge in [-0.05, 0) is 48.9 Å². The fourth-order valence-electron chi connectivity index (χ4n) is 1.62. The van der Waals surface area contributed by atoms with Gasteiger partial charge in [-0.25, -0.2) is 12.8 Å². The molecule has 0 amide bonds. The zero-order valence-electron chi connectivity index (χ0n) is 10.5. The molecule has 0 heterocycles. The van der Waals surface area contributed by atoms with E-state index in [-0.39, 0.29) is 10.6 Å². The monoisotopic (exact) mass is 314 g/mol. The second-order valence-electron chi connectivity index (χ2n) is 4.25. The summed E-state index contributed by atoms with van der Waals surface area (Å²) >= 11 is 5.80. The van der Waals surface area contributed by atoms with E-state index in [0.29, 0.717) is 16.3 Å². The van der Waals surface area contributed by atoms with E-state index in [1.807, 2.05) is 0 Å². The molecule has 0 saturated heterocycles. The molecule has 2 aromatic rings. The standard InChI is InChI=1S/C13H12ClFN2O2S/c1-8-6-9(14)2-5-13(8)17-20(18,19)10-3-4-12(16)11(15)7-10/h2-7,17H,16H2,1H3. The Hall–Kier alpha value is -1.79. The van der Waals surface area contributed by atoms with Crippen LogP contribution >= 0.6 is 11.6 Å². The summed E-state index contributed by atoms with van der Waals surface area (Å²) in [6.07, 6.45) is 0. The highest BCUT2D eigenvalue weighted by Crippen LogP contribution is 2.24. The summed E-state index contributed by atoms with van der Waals surface area (Å²) < 4.78 is 40.0. The average molecular weight is 315 g/mol. The number of hydrogen-bond donors (Lipinski definition) is 2. The molecule has 0 spiro atoms. The van der Waals surface area contributed by atoms with Crippen molar-refractivity contribution in [3.8, 4) is 0 Å². The van der Waals surface area contributed by atoms with Crippen molar-refractivity contribution in [3.05, 3.63) is 52.8 Å². The molecule has 0 unspecified atom stereocenters. The van der Waals surface area contributed by atoms with Gasteiger partial charge in [-0.15, -0.1) is 0 Å². The zero-order valence-corrected chi connectivity index (χ0v) is 12.1. The number of aryl methyl sites for hydroxylation is 1. The lowest BCUT2D eigenvalue weighted by atomic mass is 10.2. The second kappa shape index (κ2) is 5.30. The Kier molecular flexibility index (Phi) is 3.87. The molecular formula is C13H12ClFN2O2S. The number of anilines is 2. The fraction of sp³-hybridized carbons (Fsp3) is 0.0769. The lowest BCUT2D eigenvalue weighted by Gasteiger charge is -2.11. The van der Waals surface area contributed by atoms with E-state index in [0.717, 1.165) is 6.07 Å². The van der Waals surface area contributed by atoms with Crippen molar-refractivity contribution in [2.45, 2.75) is 11.8 Å². The Morgan fingerprint density at radius 2 is 1.90 bits per heavy atom. The van der Waals surface area contributed by atoms with E-state index in [4.69, 9.17) is 17.3 Å². The Morgan fingerprint density at radius 1 is 1.20 bits per heavy atom. The predicted molar refractivity (Wildman–Crippen MR) is 77.8 cm³/mol. The summed E-state index contributed by atoms with van der Waals surface area (Å²) in [5.41, 5.74) is 6.26. The van der Waals surface area contributed by atoms with E-state index in [1.165, 1.54) is 12.1 Å². The highest BCUT2D eigenvalue weighted by molar-refractivity contribution is 7.92. The van der Waals surface area contributed by atoms with Crippen molar-refractivity contribution in [1.82, 2.24) is 0 Å². The van der Waals surface area contributed by atoms with Crippen LogP contribution in [0.1, 0.15) is 5.56 Å². The van der Waals surface area contributed by atoms with Crippen LogP contribution in [0.2, 0.25) is 5.02 Å². The first-order chi connectivity index (χ1) is 9.29. The van der Waals surface area contributed by atoms with Gasteiger partial charge in [-0.2, -0.15) is 0 Å². The van der Waals surface area contributed by atoms with Crippen molar-refractivity contribution in [1.29, 1.82) is 0 Å². The molecule has 106 valence electrons. The third-order valence-electron chi connectivity index (χ3n) is 2.71. The smallest absolute Gasteiger partial charge is 0.262 e. The van der Waals surface area contributed by atoms with Crippen LogP contribution < -0.4 is 10.5 Å². The second-order valence-corrected chi connectivity index (χ2v) is 6.37. The van der Waals surface area contributed by atoms with Crippen molar-refractivity contribution >= 4 is 33.0 Å². The summed E-state index contributed by atoms with van der Waals surface area (Å²) in [4.78, 5) is -0.196. The Morgan fingerprint density at radius 3 is 2.50 bits per heavy atom. The molecule has 0 aliphatic heterocycles. The van der Waals surface area contributed by atoms with Gasteiger partial charge in [0.25, 0.3) is 10.0 Å². The topological polar surface area (TPSA) is 72.2 Å². The molecule has 0 aromatic heterocycles. The van der Waals surface area contributed by atoms with Gasteiger partial charge in [0.15, 0.2) is 0 Å². The van der Waals surface area contributed by atoms with Crippen molar-refractivity contribution in [2.24, 2.45) is 0 Å². The number of sulfonamides is 1. The molecule has 2 aromatic carbocycles. The molecule has 0 atom stereocenters. The van der Waals surface area contributed by atoms with Gasteiger partial charge in [-0.3, -0.25) is 4.72 Å². The molecule has 3 N–H and O–H groups in total. The van der Waals surface area contributed by atoms with Crippen LogP contribution in [-0.2, 0) is 10.0 Å². The Labute approximate surface area is 121 Å². The van der Waals surface area contributed by atoms with Gasteiger partial charge in [-0.1, -0.05) is 11.6 Å². The summed E-state index contributed by atoms with van der Waals surface area (Å²) in [5.74, 6) is -0.777. The number of nitrogen functional groups attached to an aromatic ring is 1. The highest BCUT2D eigenvalue weighted by atomic mass is 35.5.